The summed E-state index contributed by atoms with van der Waals surface area (Å²) >= 11 is 0. The van der Waals surface area contributed by atoms with Crippen molar-refractivity contribution in [1.29, 1.82) is 0 Å². The highest BCUT2D eigenvalue weighted by molar-refractivity contribution is 7.47. The molecule has 17 nitrogen and oxygen atoms in total. The number of phosphoric acid groups is 2. The van der Waals surface area contributed by atoms with Crippen LogP contribution < -0.4 is 0 Å². The molecule has 3 N–H and O–H groups in total. The van der Waals surface area contributed by atoms with Gasteiger partial charge in [-0.1, -0.05) is 349 Å². The minimum atomic E-state index is -4.96. The molecule has 564 valence electrons. The van der Waals surface area contributed by atoms with Gasteiger partial charge in [-0.2, -0.15) is 0 Å². The van der Waals surface area contributed by atoms with Crippen molar-refractivity contribution in [2.75, 3.05) is 39.6 Å². The van der Waals surface area contributed by atoms with E-state index in [0.29, 0.717) is 31.6 Å². The fourth-order valence-electron chi connectivity index (χ4n) is 11.7. The zero-order valence-electron chi connectivity index (χ0n) is 61.8. The van der Waals surface area contributed by atoms with Gasteiger partial charge >= 0.3 is 39.5 Å². The van der Waals surface area contributed by atoms with E-state index in [1.807, 2.05) is 0 Å². The van der Waals surface area contributed by atoms with Gasteiger partial charge in [-0.25, -0.2) is 9.13 Å². The van der Waals surface area contributed by atoms with Crippen molar-refractivity contribution in [1.82, 2.24) is 0 Å². The van der Waals surface area contributed by atoms with Crippen LogP contribution in [0.3, 0.4) is 0 Å². The van der Waals surface area contributed by atoms with Gasteiger partial charge in [0, 0.05) is 25.7 Å². The number of esters is 4. The number of hydrogen-bond donors (Lipinski definition) is 3. The quantitative estimate of drug-likeness (QED) is 0.0222. The van der Waals surface area contributed by atoms with Crippen molar-refractivity contribution in [2.45, 2.75) is 419 Å². The Morgan fingerprint density at radius 3 is 0.716 bits per heavy atom. The number of phosphoric ester groups is 2. The third kappa shape index (κ3) is 70.3. The van der Waals surface area contributed by atoms with Gasteiger partial charge in [0.05, 0.1) is 26.4 Å². The van der Waals surface area contributed by atoms with Crippen LogP contribution in [0.4, 0.5) is 0 Å². The predicted octanol–water partition coefficient (Wildman–Crippen LogP) is 22.5. The van der Waals surface area contributed by atoms with Gasteiger partial charge in [0.1, 0.15) is 19.3 Å². The van der Waals surface area contributed by atoms with Crippen LogP contribution in [0.15, 0.2) is 0 Å². The van der Waals surface area contributed by atoms with Gasteiger partial charge < -0.3 is 33.8 Å². The molecule has 0 heterocycles. The van der Waals surface area contributed by atoms with Crippen LogP contribution in [0.2, 0.25) is 0 Å². The van der Waals surface area contributed by atoms with E-state index in [0.717, 1.165) is 96.3 Å². The van der Waals surface area contributed by atoms with Crippen molar-refractivity contribution in [2.24, 2.45) is 5.92 Å². The van der Waals surface area contributed by atoms with Crippen LogP contribution in [-0.4, -0.2) is 96.7 Å². The first kappa shape index (κ1) is 93.1. The zero-order chi connectivity index (χ0) is 69.8. The highest BCUT2D eigenvalue weighted by Gasteiger charge is 2.30. The Balaban J connectivity index is 5.25. The maximum atomic E-state index is 13.1. The fraction of sp³-hybridized carbons (Fsp3) is 0.947. The number of aliphatic hydroxyl groups excluding tert-OH is 1. The van der Waals surface area contributed by atoms with Gasteiger partial charge in [-0.05, 0) is 31.6 Å². The summed E-state index contributed by atoms with van der Waals surface area (Å²) in [6.07, 6.45) is 58.2. The molecule has 0 radical (unpaired) electrons. The first-order valence-electron chi connectivity index (χ1n) is 39.6. The largest absolute Gasteiger partial charge is 0.472 e. The number of unbranched alkanes of at least 4 members (excludes halogenated alkanes) is 48. The van der Waals surface area contributed by atoms with Crippen LogP contribution in [-0.2, 0) is 65.4 Å². The predicted molar refractivity (Wildman–Crippen MR) is 386 cm³/mol. The molecule has 0 spiro atoms. The maximum absolute atomic E-state index is 13.1. The number of ether oxygens (including phenoxy) is 4. The Labute approximate surface area is 581 Å². The van der Waals surface area contributed by atoms with E-state index >= 15 is 0 Å². The monoisotopic (exact) mass is 1400 g/mol. The first-order valence-corrected chi connectivity index (χ1v) is 42.6. The Hall–Kier alpha value is -1.94. The molecule has 19 heteroatoms. The number of carbonyl (C=O) groups excluding carboxylic acids is 4. The molecule has 0 saturated heterocycles. The Morgan fingerprint density at radius 2 is 0.484 bits per heavy atom. The van der Waals surface area contributed by atoms with Crippen LogP contribution in [0.5, 0.6) is 0 Å². The van der Waals surface area contributed by atoms with Crippen molar-refractivity contribution >= 4 is 39.5 Å². The summed E-state index contributed by atoms with van der Waals surface area (Å²) in [5.41, 5.74) is 0. The molecule has 0 aromatic heterocycles. The third-order valence-corrected chi connectivity index (χ3v) is 19.7. The molecule has 0 aliphatic carbocycles. The number of rotatable bonds is 76. The lowest BCUT2D eigenvalue weighted by Crippen LogP contribution is -2.30. The summed E-state index contributed by atoms with van der Waals surface area (Å²) in [5, 5.41) is 10.6. The van der Waals surface area contributed by atoms with Crippen molar-refractivity contribution in [3.05, 3.63) is 0 Å². The molecular formula is C76H148O17P2. The van der Waals surface area contributed by atoms with E-state index in [2.05, 4.69) is 34.6 Å². The maximum Gasteiger partial charge on any atom is 0.472 e. The van der Waals surface area contributed by atoms with Crippen molar-refractivity contribution in [3.63, 3.8) is 0 Å². The molecule has 0 saturated carbocycles. The van der Waals surface area contributed by atoms with E-state index < -0.39 is 97.5 Å². The van der Waals surface area contributed by atoms with E-state index in [9.17, 15) is 43.2 Å². The smallest absolute Gasteiger partial charge is 0.462 e. The topological polar surface area (TPSA) is 237 Å². The molecule has 2 unspecified atom stereocenters. The summed E-state index contributed by atoms with van der Waals surface area (Å²) in [6, 6.07) is 0. The van der Waals surface area contributed by atoms with Crippen LogP contribution in [0.25, 0.3) is 0 Å². The second-order valence-electron chi connectivity index (χ2n) is 27.9. The zero-order valence-corrected chi connectivity index (χ0v) is 63.6. The number of carbonyl (C=O) groups is 4. The van der Waals surface area contributed by atoms with Crippen molar-refractivity contribution < 1.29 is 80.2 Å². The lowest BCUT2D eigenvalue weighted by atomic mass is 10.0. The molecular weight excluding hydrogens is 1250 g/mol. The van der Waals surface area contributed by atoms with Gasteiger partial charge in [-0.3, -0.25) is 37.3 Å². The second kappa shape index (κ2) is 69.2. The first-order chi connectivity index (χ1) is 46.0. The van der Waals surface area contributed by atoms with Crippen molar-refractivity contribution in [3.8, 4) is 0 Å². The molecule has 0 bridgehead atoms. The molecule has 5 atom stereocenters. The number of hydrogen-bond acceptors (Lipinski definition) is 15. The summed E-state index contributed by atoms with van der Waals surface area (Å²) in [7, 11) is -9.91. The van der Waals surface area contributed by atoms with E-state index in [1.54, 1.807) is 0 Å². The van der Waals surface area contributed by atoms with Gasteiger partial charge in [0.25, 0.3) is 0 Å². The molecule has 0 aliphatic rings. The summed E-state index contributed by atoms with van der Waals surface area (Å²) in [4.78, 5) is 72.8. The normalized spacial score (nSPS) is 13.9. The standard InChI is InChI=1S/C76H148O17P2/c1-6-9-12-15-18-21-24-27-30-32-35-38-41-46-52-57-62-75(80)92-71(65-86-73(78)59-54-49-44-39-36-34-31-28-25-22-19-16-13-10-7-2)67-90-94(82,83)88-63-70(77)64-89-95(84,85)91-68-72(66-87-74(79)60-55-50-47-42-43-48-53-58-69(4)5)93-76(81)61-56-51-45-40-37-33-29-26-23-20-17-14-11-8-3/h69-72,77H,6-68H2,1-5H3,(H,82,83)(H,84,85)/t70-,71-,72-/m1/s1. The van der Waals surface area contributed by atoms with E-state index in [4.69, 9.17) is 37.0 Å². The van der Waals surface area contributed by atoms with E-state index in [1.165, 1.54) is 218 Å². The van der Waals surface area contributed by atoms with Gasteiger partial charge in [0.2, 0.25) is 0 Å². The Morgan fingerprint density at radius 1 is 0.284 bits per heavy atom. The molecule has 0 fully saturated rings. The lowest BCUT2D eigenvalue weighted by Gasteiger charge is -2.21. The Kier molecular flexibility index (Phi) is 67.7. The average Bonchev–Trinajstić information content (AvgIpc) is 2.88. The fourth-order valence-corrected chi connectivity index (χ4v) is 13.3. The SMILES string of the molecule is CCCCCCCCCCCCCCCCCCC(=O)O[C@H](COC(=O)CCCCCCCCCCCCCCCCC)COP(=O)(O)OC[C@@H](O)COP(=O)(O)OC[C@@H](COC(=O)CCCCCCCCCC(C)C)OC(=O)CCCCCCCCCCCCCCCC. The average molecular weight is 1400 g/mol. The van der Waals surface area contributed by atoms with Crippen LogP contribution in [0, 0.1) is 5.92 Å². The summed E-state index contributed by atoms with van der Waals surface area (Å²) < 4.78 is 68.5. The molecule has 0 aliphatic heterocycles. The molecule has 0 aromatic carbocycles. The molecule has 0 rings (SSSR count). The highest BCUT2D eigenvalue weighted by atomic mass is 31.2. The highest BCUT2D eigenvalue weighted by Crippen LogP contribution is 2.45. The van der Waals surface area contributed by atoms with Gasteiger partial charge in [0.15, 0.2) is 12.2 Å². The summed E-state index contributed by atoms with van der Waals surface area (Å²) in [5.74, 6) is -1.41. The van der Waals surface area contributed by atoms with E-state index in [-0.39, 0.29) is 25.7 Å². The third-order valence-electron chi connectivity index (χ3n) is 17.8. The second-order valence-corrected chi connectivity index (χ2v) is 30.8. The minimum absolute atomic E-state index is 0.107. The number of aliphatic hydroxyl groups is 1. The minimum Gasteiger partial charge on any atom is -0.462 e. The molecule has 95 heavy (non-hydrogen) atoms. The van der Waals surface area contributed by atoms with Crippen LogP contribution in [0.1, 0.15) is 401 Å². The van der Waals surface area contributed by atoms with Crippen LogP contribution >= 0.6 is 15.6 Å². The van der Waals surface area contributed by atoms with Gasteiger partial charge in [-0.15, -0.1) is 0 Å². The molecule has 0 amide bonds. The Bertz CT molecular complexity index is 1820. The molecule has 0 aromatic rings. The summed E-state index contributed by atoms with van der Waals surface area (Å²) in [6.45, 7) is 7.25. The lowest BCUT2D eigenvalue weighted by molar-refractivity contribution is -0.161.